The molecule has 6 aliphatic heterocycles. The van der Waals surface area contributed by atoms with Crippen LogP contribution in [-0.2, 0) is 43.1 Å². The van der Waals surface area contributed by atoms with E-state index < -0.39 is 34.3 Å². The second kappa shape index (κ2) is 24.5. The van der Waals surface area contributed by atoms with E-state index in [1.807, 2.05) is 72.8 Å². The van der Waals surface area contributed by atoms with E-state index in [1.165, 1.54) is 36.9 Å². The van der Waals surface area contributed by atoms with Gasteiger partial charge in [-0.25, -0.2) is 9.59 Å². The largest absolute Gasteiger partial charge is 1.00 e. The van der Waals surface area contributed by atoms with Crippen LogP contribution < -0.4 is 17.0 Å². The first-order valence-electron chi connectivity index (χ1n) is 24.9. The Morgan fingerprint density at radius 2 is 0.786 bits per heavy atom. The predicted molar refractivity (Wildman–Crippen MR) is 277 cm³/mol. The molecule has 0 aromatic heterocycles. The molecule has 6 aliphatic rings. The normalized spacial score (nSPS) is 22.2. The summed E-state index contributed by atoms with van der Waals surface area (Å²) in [6, 6.07) is 57.7. The Labute approximate surface area is 434 Å². The number of hydrogen-bond donors (Lipinski definition) is 2. The van der Waals surface area contributed by atoms with Gasteiger partial charge in [0.1, 0.15) is 11.2 Å². The second-order valence-electron chi connectivity index (χ2n) is 19.5. The van der Waals surface area contributed by atoms with E-state index in [0.717, 1.165) is 94.0 Å². The number of esters is 2. The number of hydrogen-bond acceptors (Lipinski definition) is 7. The number of piperidine rings is 6. The number of benzene rings is 6. The molecule has 2 N–H and O–H groups in total. The van der Waals surface area contributed by atoms with Gasteiger partial charge >= 0.3 is 11.9 Å². The Hall–Kier alpha value is -4.94. The monoisotopic (exact) mass is 1070 g/mol. The number of carbonyl (C=O) groups is 2. The van der Waals surface area contributed by atoms with Gasteiger partial charge < -0.3 is 46.1 Å². The summed E-state index contributed by atoms with van der Waals surface area (Å²) in [7, 11) is 0. The Kier molecular flexibility index (Phi) is 18.5. The minimum Gasteiger partial charge on any atom is -1.00 e. The molecule has 6 saturated heterocycles. The number of halogens is 2. The van der Waals surface area contributed by atoms with Crippen molar-refractivity contribution in [3.63, 3.8) is 0 Å². The van der Waals surface area contributed by atoms with E-state index in [1.54, 1.807) is 48.5 Å². The van der Waals surface area contributed by atoms with Crippen molar-refractivity contribution in [1.82, 2.24) is 4.90 Å². The molecule has 0 saturated carbocycles. The topological polar surface area (TPSA) is 96.3 Å². The number of ether oxygens (including phenoxy) is 2. The predicted octanol–water partition coefficient (Wildman–Crippen LogP) is 7.57. The molecule has 70 heavy (non-hydrogen) atoms. The number of nitrogens with zero attached hydrogens (tertiary/aromatic N) is 2. The minimum absolute atomic E-state index is 0. The van der Waals surface area contributed by atoms with Crippen molar-refractivity contribution in [2.24, 2.45) is 0 Å². The Morgan fingerprint density at radius 3 is 1.11 bits per heavy atom. The van der Waals surface area contributed by atoms with Crippen LogP contribution in [0.2, 0.25) is 0 Å². The number of quaternary nitrogens is 1. The standard InChI is InChI=1S/C30H34NO3.C21H23NO3.C9H11Br.BrH/c32-28(30(33,26-14-6-2-7-15-26)27-16-8-3-9-17-27)34-29-18-22-31(23-19-29,24-20-29)21-10-13-25-11-4-1-5-12-25;23-19(25-20-11-14-22(15-12-20)16-13-20)21(24,17-7-3-1-4-8-17)18-9-5-2-6-10-18;10-8-4-7-9-5-2-1-3-6-9;/h1-9,11-12,14-17,33H,10,13,18-24H2;1-10,24H,11-16H2;1-3,5-6H,4,7-8H2;1H/q+1;;;/p-1. The van der Waals surface area contributed by atoms with Crippen molar-refractivity contribution in [2.75, 3.05) is 51.1 Å². The molecule has 0 atom stereocenters. The van der Waals surface area contributed by atoms with Crippen LogP contribution in [0.3, 0.4) is 0 Å². The lowest BCUT2D eigenvalue weighted by Crippen LogP contribution is -3.00. The average Bonchev–Trinajstić information content (AvgIpc) is 3.42. The van der Waals surface area contributed by atoms with Gasteiger partial charge in [-0.15, -0.1) is 0 Å². The van der Waals surface area contributed by atoms with Crippen LogP contribution in [0, 0.1) is 0 Å². The molecule has 6 aromatic carbocycles. The number of alkyl halides is 1. The zero-order chi connectivity index (χ0) is 48.1. The maximum Gasteiger partial charge on any atom is 0.348 e. The van der Waals surface area contributed by atoms with Crippen LogP contribution in [0.15, 0.2) is 182 Å². The first kappa shape index (κ1) is 52.9. The van der Waals surface area contributed by atoms with Gasteiger partial charge in [0.05, 0.1) is 26.2 Å². The summed E-state index contributed by atoms with van der Waals surface area (Å²) in [5, 5.41) is 24.4. The fraction of sp³-hybridized carbons (Fsp3) is 0.367. The second-order valence-corrected chi connectivity index (χ2v) is 20.3. The number of carbonyl (C=O) groups excluding carboxylic acids is 2. The van der Waals surface area contributed by atoms with Crippen LogP contribution in [0.5, 0.6) is 0 Å². The van der Waals surface area contributed by atoms with Crippen molar-refractivity contribution in [3.05, 3.63) is 215 Å². The van der Waals surface area contributed by atoms with E-state index in [2.05, 4.69) is 81.5 Å². The third-order valence-electron chi connectivity index (χ3n) is 15.1. The maximum atomic E-state index is 13.6. The Bertz CT molecular complexity index is 2390. The smallest absolute Gasteiger partial charge is 0.348 e. The molecule has 0 unspecified atom stereocenters. The van der Waals surface area contributed by atoms with Crippen molar-refractivity contribution in [1.29, 1.82) is 0 Å². The van der Waals surface area contributed by atoms with E-state index in [9.17, 15) is 19.8 Å². The third-order valence-corrected chi connectivity index (χ3v) is 15.7. The summed E-state index contributed by atoms with van der Waals surface area (Å²) in [6.07, 6.45) is 9.84. The van der Waals surface area contributed by atoms with Gasteiger partial charge in [-0.2, -0.15) is 0 Å². The van der Waals surface area contributed by atoms with Gasteiger partial charge in [-0.05, 0) is 52.6 Å². The summed E-state index contributed by atoms with van der Waals surface area (Å²) < 4.78 is 13.4. The molecule has 10 heteroatoms. The molecule has 6 fully saturated rings. The fourth-order valence-electron chi connectivity index (χ4n) is 10.7. The quantitative estimate of drug-likeness (QED) is 0.0623. The van der Waals surface area contributed by atoms with Gasteiger partial charge in [0, 0.05) is 69.9 Å². The number of fused-ring (bicyclic) bond motifs is 6. The summed E-state index contributed by atoms with van der Waals surface area (Å²) in [5.41, 5.74) is 0.505. The van der Waals surface area contributed by atoms with E-state index >= 15 is 0 Å². The first-order chi connectivity index (χ1) is 33.6. The first-order valence-corrected chi connectivity index (χ1v) is 26.1. The van der Waals surface area contributed by atoms with Gasteiger partial charge in [-0.1, -0.05) is 198 Å². The Morgan fingerprint density at radius 1 is 0.486 bits per heavy atom. The van der Waals surface area contributed by atoms with Gasteiger partial charge in [0.25, 0.3) is 0 Å². The lowest BCUT2D eigenvalue weighted by molar-refractivity contribution is -0.944. The van der Waals surface area contributed by atoms with Crippen LogP contribution in [0.1, 0.15) is 84.7 Å². The maximum absolute atomic E-state index is 13.6. The molecule has 0 aliphatic carbocycles. The molecule has 0 spiro atoms. The molecular weight excluding hydrogens is 1000 g/mol. The highest BCUT2D eigenvalue weighted by molar-refractivity contribution is 9.09. The minimum atomic E-state index is -1.81. The van der Waals surface area contributed by atoms with Crippen molar-refractivity contribution in [3.8, 4) is 0 Å². The lowest BCUT2D eigenvalue weighted by Gasteiger charge is -2.54. The summed E-state index contributed by atoms with van der Waals surface area (Å²) in [5.74, 6) is -1.13. The Balaban J connectivity index is 0.000000175. The van der Waals surface area contributed by atoms with Crippen LogP contribution in [0.4, 0.5) is 0 Å². The average molecular weight is 1070 g/mol. The lowest BCUT2D eigenvalue weighted by atomic mass is 9.79. The van der Waals surface area contributed by atoms with E-state index in [-0.39, 0.29) is 17.0 Å². The zero-order valence-corrected chi connectivity index (χ0v) is 43.4. The SMILES string of the molecule is BrCCCc1ccccc1.O=C(OC12CCN(CC1)CC2)C(O)(c1ccccc1)c1ccccc1.O=C(OC12CC[N+](CCCc3ccccc3)(CC1)CC2)C(O)(c1ccccc1)c1ccccc1.[Br-]. The third kappa shape index (κ3) is 12.6. The summed E-state index contributed by atoms with van der Waals surface area (Å²) >= 11 is 3.41. The van der Waals surface area contributed by atoms with Crippen LogP contribution in [0.25, 0.3) is 0 Å². The fourth-order valence-corrected chi connectivity index (χ4v) is 11.0. The van der Waals surface area contributed by atoms with Crippen molar-refractivity contribution >= 4 is 27.9 Å². The molecular formula is C60H68Br2N2O6. The molecule has 4 bridgehead atoms. The highest BCUT2D eigenvalue weighted by atomic mass is 79.9. The van der Waals surface area contributed by atoms with Crippen LogP contribution >= 0.6 is 15.9 Å². The molecule has 12 rings (SSSR count). The molecule has 368 valence electrons. The highest BCUT2D eigenvalue weighted by Crippen LogP contribution is 2.43. The summed E-state index contributed by atoms with van der Waals surface area (Å²) in [6.45, 7) is 7.18. The van der Waals surface area contributed by atoms with Crippen molar-refractivity contribution in [2.45, 2.75) is 86.6 Å². The van der Waals surface area contributed by atoms with Gasteiger partial charge in [-0.3, -0.25) is 0 Å². The number of rotatable bonds is 15. The van der Waals surface area contributed by atoms with E-state index in [4.69, 9.17) is 9.47 Å². The molecule has 6 heterocycles. The zero-order valence-electron chi connectivity index (χ0n) is 40.2. The highest BCUT2D eigenvalue weighted by Gasteiger charge is 2.54. The summed E-state index contributed by atoms with van der Waals surface area (Å²) in [4.78, 5) is 29.3. The molecule has 0 radical (unpaired) electrons. The van der Waals surface area contributed by atoms with Crippen molar-refractivity contribution < 1.29 is 50.7 Å². The van der Waals surface area contributed by atoms with E-state index in [0.29, 0.717) is 22.3 Å². The number of aryl methyl sites for hydroxylation is 2. The van der Waals surface area contributed by atoms with Gasteiger partial charge in [0.15, 0.2) is 0 Å². The van der Waals surface area contributed by atoms with Crippen LogP contribution in [-0.4, -0.2) is 93.9 Å². The molecule has 0 amide bonds. The molecule has 6 aromatic rings. The molecule has 8 nitrogen and oxygen atoms in total. The number of aliphatic hydroxyl groups is 2. The van der Waals surface area contributed by atoms with Gasteiger partial charge in [0.2, 0.25) is 11.2 Å².